The van der Waals surface area contributed by atoms with Gasteiger partial charge in [0.15, 0.2) is 0 Å². The Labute approximate surface area is 100.0 Å². The largest absolute Gasteiger partial charge is 0.381 e. The highest BCUT2D eigenvalue weighted by atomic mass is 19.1. The van der Waals surface area contributed by atoms with Crippen LogP contribution in [-0.2, 0) is 4.74 Å². The molecule has 1 amide bonds. The van der Waals surface area contributed by atoms with Crippen molar-refractivity contribution >= 4 is 5.91 Å². The molecule has 1 unspecified atom stereocenters. The molecule has 1 atom stereocenters. The zero-order valence-corrected chi connectivity index (χ0v) is 9.62. The van der Waals surface area contributed by atoms with Gasteiger partial charge in [0, 0.05) is 18.7 Å². The SMILES string of the molecule is O=C(NCC1CCCOC1)c1ccc(F)cc1. The molecule has 1 aromatic rings. The molecular formula is C13H16FNO2. The second-order valence-electron chi connectivity index (χ2n) is 4.30. The predicted octanol–water partition coefficient (Wildman–Crippen LogP) is 1.98. The Kier molecular flexibility index (Phi) is 4.09. The van der Waals surface area contributed by atoms with E-state index in [4.69, 9.17) is 4.74 Å². The number of halogens is 1. The molecule has 0 radical (unpaired) electrons. The predicted molar refractivity (Wildman–Crippen MR) is 62.3 cm³/mol. The van der Waals surface area contributed by atoms with Crippen LogP contribution in [0.15, 0.2) is 24.3 Å². The molecule has 1 aliphatic rings. The molecule has 4 heteroatoms. The van der Waals surface area contributed by atoms with E-state index in [9.17, 15) is 9.18 Å². The molecule has 0 saturated carbocycles. The molecule has 2 rings (SSSR count). The molecule has 0 bridgehead atoms. The van der Waals surface area contributed by atoms with E-state index < -0.39 is 0 Å². The van der Waals surface area contributed by atoms with Crippen LogP contribution < -0.4 is 5.32 Å². The first-order chi connectivity index (χ1) is 8.25. The fourth-order valence-electron chi connectivity index (χ4n) is 1.91. The van der Waals surface area contributed by atoms with Crippen LogP contribution in [0.1, 0.15) is 23.2 Å². The van der Waals surface area contributed by atoms with Crippen LogP contribution >= 0.6 is 0 Å². The van der Waals surface area contributed by atoms with Gasteiger partial charge in [-0.05, 0) is 43.0 Å². The zero-order valence-electron chi connectivity index (χ0n) is 9.62. The van der Waals surface area contributed by atoms with E-state index in [1.54, 1.807) is 0 Å². The highest BCUT2D eigenvalue weighted by molar-refractivity contribution is 5.94. The van der Waals surface area contributed by atoms with Gasteiger partial charge in [0.1, 0.15) is 5.82 Å². The molecule has 0 aromatic heterocycles. The number of benzene rings is 1. The number of nitrogens with one attached hydrogen (secondary N) is 1. The Morgan fingerprint density at radius 1 is 1.41 bits per heavy atom. The van der Waals surface area contributed by atoms with E-state index in [1.807, 2.05) is 0 Å². The lowest BCUT2D eigenvalue weighted by Crippen LogP contribution is -2.33. The van der Waals surface area contributed by atoms with Crippen molar-refractivity contribution < 1.29 is 13.9 Å². The number of ether oxygens (including phenoxy) is 1. The molecule has 1 aromatic carbocycles. The molecule has 1 saturated heterocycles. The summed E-state index contributed by atoms with van der Waals surface area (Å²) in [7, 11) is 0. The van der Waals surface area contributed by atoms with Crippen LogP contribution in [0.25, 0.3) is 0 Å². The van der Waals surface area contributed by atoms with Gasteiger partial charge < -0.3 is 10.1 Å². The summed E-state index contributed by atoms with van der Waals surface area (Å²) in [4.78, 5) is 11.7. The Hall–Kier alpha value is -1.42. The first-order valence-electron chi connectivity index (χ1n) is 5.87. The summed E-state index contributed by atoms with van der Waals surface area (Å²) in [6.07, 6.45) is 2.14. The van der Waals surface area contributed by atoms with Gasteiger partial charge in [-0.3, -0.25) is 4.79 Å². The van der Waals surface area contributed by atoms with Crippen molar-refractivity contribution in [1.29, 1.82) is 0 Å². The lowest BCUT2D eigenvalue weighted by Gasteiger charge is -2.22. The molecule has 92 valence electrons. The van der Waals surface area contributed by atoms with Gasteiger partial charge in [-0.25, -0.2) is 4.39 Å². The number of rotatable bonds is 3. The maximum Gasteiger partial charge on any atom is 0.251 e. The van der Waals surface area contributed by atoms with Crippen molar-refractivity contribution in [2.24, 2.45) is 5.92 Å². The molecular weight excluding hydrogens is 221 g/mol. The number of carbonyl (C=O) groups is 1. The number of hydrogen-bond acceptors (Lipinski definition) is 2. The first-order valence-corrected chi connectivity index (χ1v) is 5.87. The van der Waals surface area contributed by atoms with E-state index in [-0.39, 0.29) is 11.7 Å². The van der Waals surface area contributed by atoms with Crippen LogP contribution in [0, 0.1) is 11.7 Å². The molecule has 1 N–H and O–H groups in total. The minimum Gasteiger partial charge on any atom is -0.381 e. The number of amides is 1. The lowest BCUT2D eigenvalue weighted by atomic mass is 10.0. The van der Waals surface area contributed by atoms with Crippen molar-refractivity contribution in [2.45, 2.75) is 12.8 Å². The average Bonchev–Trinajstić information content (AvgIpc) is 2.38. The minimum atomic E-state index is -0.331. The second-order valence-corrected chi connectivity index (χ2v) is 4.30. The summed E-state index contributed by atoms with van der Waals surface area (Å²) in [6, 6.07) is 5.56. The maximum atomic E-state index is 12.7. The van der Waals surface area contributed by atoms with Crippen molar-refractivity contribution in [3.05, 3.63) is 35.6 Å². The van der Waals surface area contributed by atoms with Crippen molar-refractivity contribution in [2.75, 3.05) is 19.8 Å². The molecule has 1 heterocycles. The van der Waals surface area contributed by atoms with E-state index in [0.29, 0.717) is 24.6 Å². The lowest BCUT2D eigenvalue weighted by molar-refractivity contribution is 0.0536. The Morgan fingerprint density at radius 3 is 2.82 bits per heavy atom. The molecule has 0 aliphatic carbocycles. The average molecular weight is 237 g/mol. The summed E-state index contributed by atoms with van der Waals surface area (Å²) in [6.45, 7) is 2.16. The first kappa shape index (κ1) is 12.0. The highest BCUT2D eigenvalue weighted by Crippen LogP contribution is 2.12. The molecule has 3 nitrogen and oxygen atoms in total. The quantitative estimate of drug-likeness (QED) is 0.873. The van der Waals surface area contributed by atoms with Crippen molar-refractivity contribution in [3.8, 4) is 0 Å². The second kappa shape index (κ2) is 5.77. The molecule has 17 heavy (non-hydrogen) atoms. The van der Waals surface area contributed by atoms with E-state index in [0.717, 1.165) is 19.4 Å². The standard InChI is InChI=1S/C13H16FNO2/c14-12-5-3-11(4-6-12)13(16)15-8-10-2-1-7-17-9-10/h3-6,10H,1-2,7-9H2,(H,15,16). The Bertz CT molecular complexity index is 372. The third-order valence-corrected chi connectivity index (χ3v) is 2.91. The molecule has 0 spiro atoms. The fourth-order valence-corrected chi connectivity index (χ4v) is 1.91. The smallest absolute Gasteiger partial charge is 0.251 e. The summed E-state index contributed by atoms with van der Waals surface area (Å²) in [5.74, 6) is -0.0917. The van der Waals surface area contributed by atoms with Crippen LogP contribution in [-0.4, -0.2) is 25.7 Å². The van der Waals surface area contributed by atoms with Crippen molar-refractivity contribution in [1.82, 2.24) is 5.32 Å². The summed E-state index contributed by atoms with van der Waals surface area (Å²) < 4.78 is 18.0. The van der Waals surface area contributed by atoms with Crippen LogP contribution in [0.4, 0.5) is 4.39 Å². The summed E-state index contributed by atoms with van der Waals surface area (Å²) in [5.41, 5.74) is 0.489. The summed E-state index contributed by atoms with van der Waals surface area (Å²) in [5, 5.41) is 2.85. The molecule has 1 aliphatic heterocycles. The maximum absolute atomic E-state index is 12.7. The van der Waals surface area contributed by atoms with Gasteiger partial charge in [0.25, 0.3) is 5.91 Å². The highest BCUT2D eigenvalue weighted by Gasteiger charge is 2.15. The van der Waals surface area contributed by atoms with Gasteiger partial charge in [-0.15, -0.1) is 0 Å². The summed E-state index contributed by atoms with van der Waals surface area (Å²) >= 11 is 0. The fraction of sp³-hybridized carbons (Fsp3) is 0.462. The number of hydrogen-bond donors (Lipinski definition) is 1. The topological polar surface area (TPSA) is 38.3 Å². The van der Waals surface area contributed by atoms with Gasteiger partial charge in [-0.2, -0.15) is 0 Å². The number of carbonyl (C=O) groups excluding carboxylic acids is 1. The minimum absolute atomic E-state index is 0.157. The van der Waals surface area contributed by atoms with E-state index in [1.165, 1.54) is 24.3 Å². The zero-order chi connectivity index (χ0) is 12.1. The van der Waals surface area contributed by atoms with Gasteiger partial charge in [-0.1, -0.05) is 0 Å². The van der Waals surface area contributed by atoms with Gasteiger partial charge in [0.2, 0.25) is 0 Å². The van der Waals surface area contributed by atoms with Crippen molar-refractivity contribution in [3.63, 3.8) is 0 Å². The van der Waals surface area contributed by atoms with Crippen LogP contribution in [0.3, 0.4) is 0 Å². The van der Waals surface area contributed by atoms with Gasteiger partial charge in [0.05, 0.1) is 6.61 Å². The third kappa shape index (κ3) is 3.53. The van der Waals surface area contributed by atoms with Crippen LogP contribution in [0.2, 0.25) is 0 Å². The monoisotopic (exact) mass is 237 g/mol. The van der Waals surface area contributed by atoms with E-state index >= 15 is 0 Å². The van der Waals surface area contributed by atoms with Crippen LogP contribution in [0.5, 0.6) is 0 Å². The Balaban J connectivity index is 1.82. The van der Waals surface area contributed by atoms with E-state index in [2.05, 4.69) is 5.32 Å². The normalized spacial score (nSPS) is 19.9. The molecule has 1 fully saturated rings. The third-order valence-electron chi connectivity index (χ3n) is 2.91. The Morgan fingerprint density at radius 2 is 2.18 bits per heavy atom. The van der Waals surface area contributed by atoms with Gasteiger partial charge >= 0.3 is 0 Å².